The van der Waals surface area contributed by atoms with Gasteiger partial charge in [-0.3, -0.25) is 9.59 Å². The van der Waals surface area contributed by atoms with E-state index in [4.69, 9.17) is 0 Å². The highest BCUT2D eigenvalue weighted by atomic mass is 16.1. The van der Waals surface area contributed by atoms with Gasteiger partial charge in [0, 0.05) is 34.2 Å². The van der Waals surface area contributed by atoms with E-state index in [0.717, 1.165) is 16.9 Å². The van der Waals surface area contributed by atoms with Gasteiger partial charge in [0.05, 0.1) is 6.54 Å². The van der Waals surface area contributed by atoms with Crippen LogP contribution >= 0.6 is 0 Å². The molecule has 1 aromatic heterocycles. The fraction of sp³-hybridized carbons (Fsp3) is 0.455. The zero-order valence-corrected chi connectivity index (χ0v) is 16.0. The number of nitrogens with one attached hydrogen (secondary N) is 1. The summed E-state index contributed by atoms with van der Waals surface area (Å²) in [6, 6.07) is 9.82. The van der Waals surface area contributed by atoms with E-state index in [0.29, 0.717) is 11.6 Å². The van der Waals surface area contributed by atoms with E-state index in [-0.39, 0.29) is 18.1 Å². The minimum atomic E-state index is 0.0442. The highest BCUT2D eigenvalue weighted by Gasteiger charge is 2.22. The average molecular weight is 352 g/mol. The molecule has 0 unspecified atom stereocenters. The Morgan fingerprint density at radius 2 is 1.73 bits per heavy atom. The van der Waals surface area contributed by atoms with E-state index < -0.39 is 0 Å². The van der Waals surface area contributed by atoms with Crippen LogP contribution in [0.15, 0.2) is 30.3 Å². The van der Waals surface area contributed by atoms with Gasteiger partial charge in [0.2, 0.25) is 0 Å². The molecule has 1 saturated carbocycles. The van der Waals surface area contributed by atoms with E-state index in [1.165, 1.54) is 37.8 Å². The lowest BCUT2D eigenvalue weighted by molar-refractivity contribution is 0.0999. The summed E-state index contributed by atoms with van der Waals surface area (Å²) >= 11 is 0. The zero-order valence-electron chi connectivity index (χ0n) is 16.0. The van der Waals surface area contributed by atoms with Crippen molar-refractivity contribution in [1.29, 1.82) is 0 Å². The fourth-order valence-electron chi connectivity index (χ4n) is 4.06. The molecule has 0 atom stereocenters. The summed E-state index contributed by atoms with van der Waals surface area (Å²) in [6.45, 7) is 5.98. The first-order chi connectivity index (χ1) is 12.5. The molecule has 1 aromatic carbocycles. The normalized spacial score (nSPS) is 15.0. The molecule has 1 N–H and O–H groups in total. The number of carbonyl (C=O) groups excluding carboxylic acids is 2. The summed E-state index contributed by atoms with van der Waals surface area (Å²) in [4.78, 5) is 24.1. The van der Waals surface area contributed by atoms with Crippen molar-refractivity contribution in [2.45, 2.75) is 58.9 Å². The van der Waals surface area contributed by atoms with Crippen LogP contribution in [0.25, 0.3) is 0 Å². The molecule has 1 fully saturated rings. The van der Waals surface area contributed by atoms with Crippen molar-refractivity contribution < 1.29 is 9.59 Å². The highest BCUT2D eigenvalue weighted by molar-refractivity contribution is 6.00. The lowest BCUT2D eigenvalue weighted by Gasteiger charge is -2.26. The average Bonchev–Trinajstić information content (AvgIpc) is 2.95. The van der Waals surface area contributed by atoms with Crippen molar-refractivity contribution in [1.82, 2.24) is 4.57 Å². The molecule has 0 saturated heterocycles. The van der Waals surface area contributed by atoms with Gasteiger partial charge >= 0.3 is 0 Å². The zero-order chi connectivity index (χ0) is 18.7. The molecule has 0 aliphatic heterocycles. The first-order valence-electron chi connectivity index (χ1n) is 9.54. The summed E-state index contributed by atoms with van der Waals surface area (Å²) in [5.41, 5.74) is 4.62. The summed E-state index contributed by atoms with van der Waals surface area (Å²) in [5.74, 6) is 0.151. The molecule has 0 spiro atoms. The summed E-state index contributed by atoms with van der Waals surface area (Å²) in [7, 11) is 0. The van der Waals surface area contributed by atoms with E-state index in [1.54, 1.807) is 19.1 Å². The molecule has 4 nitrogen and oxygen atoms in total. The van der Waals surface area contributed by atoms with E-state index >= 15 is 0 Å². The second kappa shape index (κ2) is 7.90. The van der Waals surface area contributed by atoms with Crippen LogP contribution in [-0.2, 0) is 0 Å². The van der Waals surface area contributed by atoms with Crippen LogP contribution in [0.5, 0.6) is 0 Å². The predicted molar refractivity (Wildman–Crippen MR) is 105 cm³/mol. The molecular weight excluding hydrogens is 324 g/mol. The number of ketones is 2. The molecular formula is C22H28N2O2. The number of rotatable bonds is 6. The summed E-state index contributed by atoms with van der Waals surface area (Å²) < 4.78 is 2.37. The van der Waals surface area contributed by atoms with Crippen LogP contribution in [0, 0.1) is 13.8 Å². The maximum Gasteiger partial charge on any atom is 0.183 e. The fourth-order valence-corrected chi connectivity index (χ4v) is 4.06. The second-order valence-electron chi connectivity index (χ2n) is 7.36. The number of aromatic nitrogens is 1. The monoisotopic (exact) mass is 352 g/mol. The van der Waals surface area contributed by atoms with Gasteiger partial charge in [-0.15, -0.1) is 0 Å². The standard InChI is InChI=1S/C22H28N2O2/c1-15-13-21(16(2)24(15)20-7-5-4-6-8-20)22(26)14-23-19-11-9-18(10-12-19)17(3)25/h9-13,20,23H,4-8,14H2,1-3H3. The molecule has 1 heterocycles. The van der Waals surface area contributed by atoms with Crippen LogP contribution in [-0.4, -0.2) is 22.7 Å². The highest BCUT2D eigenvalue weighted by Crippen LogP contribution is 2.32. The third-order valence-electron chi connectivity index (χ3n) is 5.47. The van der Waals surface area contributed by atoms with Crippen molar-refractivity contribution in [2.24, 2.45) is 0 Å². The van der Waals surface area contributed by atoms with E-state index in [1.807, 2.05) is 18.2 Å². The number of aryl methyl sites for hydroxylation is 1. The minimum Gasteiger partial charge on any atom is -0.378 e. The van der Waals surface area contributed by atoms with Crippen LogP contribution in [0.1, 0.15) is 77.2 Å². The van der Waals surface area contributed by atoms with E-state index in [9.17, 15) is 9.59 Å². The number of hydrogen-bond donors (Lipinski definition) is 1. The minimum absolute atomic E-state index is 0.0442. The van der Waals surface area contributed by atoms with Crippen LogP contribution in [0.3, 0.4) is 0 Å². The van der Waals surface area contributed by atoms with Gasteiger partial charge in [-0.2, -0.15) is 0 Å². The number of hydrogen-bond acceptors (Lipinski definition) is 3. The molecule has 0 bridgehead atoms. The quantitative estimate of drug-likeness (QED) is 0.735. The predicted octanol–water partition coefficient (Wildman–Crippen LogP) is 5.11. The number of carbonyl (C=O) groups is 2. The van der Waals surface area contributed by atoms with Crippen molar-refractivity contribution in [3.05, 3.63) is 52.8 Å². The topological polar surface area (TPSA) is 51.1 Å². The Labute approximate surface area is 155 Å². The second-order valence-corrected chi connectivity index (χ2v) is 7.36. The number of benzene rings is 1. The van der Waals surface area contributed by atoms with Gasteiger partial charge in [0.25, 0.3) is 0 Å². The molecule has 1 aliphatic carbocycles. The SMILES string of the molecule is CC(=O)c1ccc(NCC(=O)c2cc(C)n(C3CCCCC3)c2C)cc1. The van der Waals surface area contributed by atoms with Gasteiger partial charge in [-0.25, -0.2) is 0 Å². The summed E-state index contributed by atoms with van der Waals surface area (Å²) in [6.07, 6.45) is 6.31. The molecule has 26 heavy (non-hydrogen) atoms. The maximum atomic E-state index is 12.7. The Hall–Kier alpha value is -2.36. The van der Waals surface area contributed by atoms with Gasteiger partial charge in [-0.1, -0.05) is 19.3 Å². The molecule has 0 amide bonds. The molecule has 138 valence electrons. The van der Waals surface area contributed by atoms with Crippen LogP contribution < -0.4 is 5.32 Å². The molecule has 2 aromatic rings. The molecule has 3 rings (SSSR count). The third-order valence-corrected chi connectivity index (χ3v) is 5.47. The lowest BCUT2D eigenvalue weighted by Crippen LogP contribution is -2.17. The van der Waals surface area contributed by atoms with Crippen LogP contribution in [0.2, 0.25) is 0 Å². The maximum absolute atomic E-state index is 12.7. The largest absolute Gasteiger partial charge is 0.378 e. The van der Waals surface area contributed by atoms with Crippen molar-refractivity contribution in [3.8, 4) is 0 Å². The van der Waals surface area contributed by atoms with Crippen molar-refractivity contribution in [3.63, 3.8) is 0 Å². The molecule has 4 heteroatoms. The Balaban J connectivity index is 1.69. The van der Waals surface area contributed by atoms with Gasteiger partial charge < -0.3 is 9.88 Å². The Morgan fingerprint density at radius 3 is 2.35 bits per heavy atom. The van der Waals surface area contributed by atoms with Crippen LogP contribution in [0.4, 0.5) is 5.69 Å². The number of nitrogens with zero attached hydrogens (tertiary/aromatic N) is 1. The Kier molecular flexibility index (Phi) is 5.60. The number of anilines is 1. The van der Waals surface area contributed by atoms with Gasteiger partial charge in [0.1, 0.15) is 0 Å². The Morgan fingerprint density at radius 1 is 1.08 bits per heavy atom. The van der Waals surface area contributed by atoms with Gasteiger partial charge in [0.15, 0.2) is 11.6 Å². The lowest BCUT2D eigenvalue weighted by atomic mass is 9.95. The van der Waals surface area contributed by atoms with Crippen molar-refractivity contribution >= 4 is 17.3 Å². The first-order valence-corrected chi connectivity index (χ1v) is 9.54. The molecule has 1 aliphatic rings. The van der Waals surface area contributed by atoms with Crippen molar-refractivity contribution in [2.75, 3.05) is 11.9 Å². The summed E-state index contributed by atoms with van der Waals surface area (Å²) in [5, 5.41) is 3.17. The van der Waals surface area contributed by atoms with E-state index in [2.05, 4.69) is 23.7 Å². The smallest absolute Gasteiger partial charge is 0.183 e. The molecule has 0 radical (unpaired) electrons. The third kappa shape index (κ3) is 3.90. The number of Topliss-reactive ketones (excluding diaryl/α,β-unsaturated/α-hetero) is 2. The first kappa shape index (κ1) is 18.4. The Bertz CT molecular complexity index is 796. The van der Waals surface area contributed by atoms with Gasteiger partial charge in [-0.05, 0) is 63.9 Å².